The molecule has 0 N–H and O–H groups in total. The van der Waals surface area contributed by atoms with E-state index in [-0.39, 0.29) is 10.8 Å². The Morgan fingerprint density at radius 3 is 2.10 bits per heavy atom. The van der Waals surface area contributed by atoms with E-state index in [1.54, 1.807) is 0 Å². The Morgan fingerprint density at radius 1 is 0.900 bits per heavy atom. The van der Waals surface area contributed by atoms with E-state index in [1.165, 1.54) is 4.88 Å². The summed E-state index contributed by atoms with van der Waals surface area (Å²) in [6.45, 7) is 11.4. The minimum atomic E-state index is 0.238. The van der Waals surface area contributed by atoms with Crippen LogP contribution in [0.15, 0.2) is 34.1 Å². The van der Waals surface area contributed by atoms with Gasteiger partial charge in [0.15, 0.2) is 0 Å². The number of thiophene rings is 1. The van der Waals surface area contributed by atoms with Gasteiger partial charge in [0.2, 0.25) is 0 Å². The maximum absolute atomic E-state index is 6.02. The lowest BCUT2D eigenvalue weighted by atomic mass is 9.84. The molecule has 0 fully saturated rings. The third-order valence-electron chi connectivity index (χ3n) is 3.31. The van der Waals surface area contributed by atoms with E-state index in [0.717, 1.165) is 30.8 Å². The largest absolute Gasteiger partial charge is 0.466 e. The Bertz CT molecular complexity index is 526. The fraction of sp³-hybridized carbons (Fsp3) is 0.556. The van der Waals surface area contributed by atoms with Crippen molar-refractivity contribution >= 4 is 11.3 Å². The lowest BCUT2D eigenvalue weighted by Gasteiger charge is -2.22. The van der Waals surface area contributed by atoms with Crippen molar-refractivity contribution in [3.05, 3.63) is 46.0 Å². The van der Waals surface area contributed by atoms with Crippen LogP contribution in [0.3, 0.4) is 0 Å². The summed E-state index contributed by atoms with van der Waals surface area (Å²) < 4.78 is 6.02. The zero-order valence-electron chi connectivity index (χ0n) is 13.3. The topological polar surface area (TPSA) is 13.1 Å². The molecule has 0 aliphatic rings. The maximum Gasteiger partial charge on any atom is 0.104 e. The molecule has 0 aromatic carbocycles. The van der Waals surface area contributed by atoms with Crippen molar-refractivity contribution in [1.29, 1.82) is 0 Å². The third-order valence-corrected chi connectivity index (χ3v) is 4.18. The molecule has 20 heavy (non-hydrogen) atoms. The summed E-state index contributed by atoms with van der Waals surface area (Å²) in [6.07, 6.45) is 3.10. The van der Waals surface area contributed by atoms with Gasteiger partial charge in [0.25, 0.3) is 0 Å². The number of hydrogen-bond acceptors (Lipinski definition) is 2. The van der Waals surface area contributed by atoms with Crippen molar-refractivity contribution in [3.8, 4) is 0 Å². The van der Waals surface area contributed by atoms with Gasteiger partial charge >= 0.3 is 0 Å². The number of rotatable bonds is 5. The normalized spacial score (nSPS) is 12.8. The van der Waals surface area contributed by atoms with Crippen LogP contribution in [0, 0.1) is 10.8 Å². The van der Waals surface area contributed by atoms with Crippen LogP contribution < -0.4 is 0 Å². The van der Waals surface area contributed by atoms with Crippen molar-refractivity contribution in [2.24, 2.45) is 10.8 Å². The number of hydrogen-bond donors (Lipinski definition) is 0. The first-order valence-corrected chi connectivity index (χ1v) is 8.22. The molecule has 2 rings (SSSR count). The quantitative estimate of drug-likeness (QED) is 0.684. The summed E-state index contributed by atoms with van der Waals surface area (Å²) in [4.78, 5) is 1.46. The smallest absolute Gasteiger partial charge is 0.104 e. The Hall–Kier alpha value is -1.02. The zero-order chi connectivity index (χ0) is 14.8. The second kappa shape index (κ2) is 5.77. The summed E-state index contributed by atoms with van der Waals surface area (Å²) in [6, 6.07) is 8.64. The van der Waals surface area contributed by atoms with Gasteiger partial charge in [0.05, 0.1) is 0 Å². The highest BCUT2D eigenvalue weighted by atomic mass is 32.1. The van der Waals surface area contributed by atoms with Gasteiger partial charge in [-0.2, -0.15) is 0 Å². The molecule has 0 atom stereocenters. The molecule has 2 aromatic rings. The Labute approximate surface area is 127 Å². The Balaban J connectivity index is 1.98. The van der Waals surface area contributed by atoms with Gasteiger partial charge in [-0.15, -0.1) is 11.3 Å². The molecule has 0 amide bonds. The van der Waals surface area contributed by atoms with Crippen LogP contribution in [-0.2, 0) is 19.3 Å². The van der Waals surface area contributed by atoms with Crippen LogP contribution in [0.25, 0.3) is 0 Å². The highest BCUT2D eigenvalue weighted by Crippen LogP contribution is 2.30. The molecule has 0 saturated heterocycles. The van der Waals surface area contributed by atoms with Gasteiger partial charge in [0, 0.05) is 17.7 Å². The standard InChI is InChI=1S/C18H26OS/c1-17(2,3)11-14-8-9-15(19-14)12-18(4,5)13-16-7-6-10-20-16/h6-10H,11-13H2,1-5H3. The average molecular weight is 290 g/mol. The van der Waals surface area contributed by atoms with Crippen LogP contribution in [-0.4, -0.2) is 0 Å². The van der Waals surface area contributed by atoms with Crippen LogP contribution >= 0.6 is 11.3 Å². The molecular formula is C18H26OS. The van der Waals surface area contributed by atoms with E-state index in [2.05, 4.69) is 64.3 Å². The van der Waals surface area contributed by atoms with Crippen molar-refractivity contribution < 1.29 is 4.42 Å². The molecule has 2 heterocycles. The first-order chi connectivity index (χ1) is 9.23. The van der Waals surface area contributed by atoms with E-state index in [9.17, 15) is 0 Å². The van der Waals surface area contributed by atoms with E-state index in [0.29, 0.717) is 0 Å². The minimum Gasteiger partial charge on any atom is -0.466 e. The first kappa shape index (κ1) is 15.4. The Morgan fingerprint density at radius 2 is 1.55 bits per heavy atom. The average Bonchev–Trinajstić information content (AvgIpc) is 2.87. The van der Waals surface area contributed by atoms with Crippen LogP contribution in [0.1, 0.15) is 51.0 Å². The molecule has 0 saturated carbocycles. The lowest BCUT2D eigenvalue weighted by Crippen LogP contribution is -2.17. The summed E-state index contributed by atoms with van der Waals surface area (Å²) >= 11 is 1.84. The monoisotopic (exact) mass is 290 g/mol. The maximum atomic E-state index is 6.02. The summed E-state index contributed by atoms with van der Waals surface area (Å²) in [7, 11) is 0. The molecule has 0 spiro atoms. The Kier molecular flexibility index (Phi) is 4.43. The third kappa shape index (κ3) is 4.82. The van der Waals surface area contributed by atoms with Crippen LogP contribution in [0.5, 0.6) is 0 Å². The molecule has 0 radical (unpaired) electrons. The molecule has 2 heteroatoms. The molecule has 110 valence electrons. The summed E-state index contributed by atoms with van der Waals surface area (Å²) in [5.41, 5.74) is 0.517. The first-order valence-electron chi connectivity index (χ1n) is 7.34. The van der Waals surface area contributed by atoms with Crippen molar-refractivity contribution in [2.45, 2.75) is 53.9 Å². The zero-order valence-corrected chi connectivity index (χ0v) is 14.1. The SMILES string of the molecule is CC(C)(C)Cc1ccc(CC(C)(C)Cc2cccs2)o1. The lowest BCUT2D eigenvalue weighted by molar-refractivity contribution is 0.308. The van der Waals surface area contributed by atoms with Crippen molar-refractivity contribution in [3.63, 3.8) is 0 Å². The fourth-order valence-electron chi connectivity index (χ4n) is 2.55. The van der Waals surface area contributed by atoms with Gasteiger partial charge in [-0.3, -0.25) is 0 Å². The molecule has 0 bridgehead atoms. The second-order valence-electron chi connectivity index (χ2n) is 7.70. The molecule has 0 aliphatic carbocycles. The van der Waals surface area contributed by atoms with E-state index in [4.69, 9.17) is 4.42 Å². The second-order valence-corrected chi connectivity index (χ2v) is 8.73. The molecule has 2 aromatic heterocycles. The van der Waals surface area contributed by atoms with E-state index >= 15 is 0 Å². The molecule has 1 nitrogen and oxygen atoms in total. The molecule has 0 aliphatic heterocycles. The van der Waals surface area contributed by atoms with E-state index < -0.39 is 0 Å². The summed E-state index contributed by atoms with van der Waals surface area (Å²) in [5, 5.41) is 2.15. The predicted octanol–water partition coefficient (Wildman–Crippen LogP) is 5.74. The fourth-order valence-corrected chi connectivity index (χ4v) is 3.52. The van der Waals surface area contributed by atoms with E-state index in [1.807, 2.05) is 11.3 Å². The molecule has 0 unspecified atom stereocenters. The van der Waals surface area contributed by atoms with Gasteiger partial charge in [-0.1, -0.05) is 40.7 Å². The molecular weight excluding hydrogens is 264 g/mol. The van der Waals surface area contributed by atoms with Crippen LogP contribution in [0.2, 0.25) is 0 Å². The van der Waals surface area contributed by atoms with Crippen molar-refractivity contribution in [1.82, 2.24) is 0 Å². The number of furan rings is 1. The predicted molar refractivity (Wildman–Crippen MR) is 87.4 cm³/mol. The van der Waals surface area contributed by atoms with Gasteiger partial charge in [-0.25, -0.2) is 0 Å². The summed E-state index contributed by atoms with van der Waals surface area (Å²) in [5.74, 6) is 2.23. The van der Waals surface area contributed by atoms with Gasteiger partial charge in [0.1, 0.15) is 11.5 Å². The van der Waals surface area contributed by atoms with Crippen molar-refractivity contribution in [2.75, 3.05) is 0 Å². The highest BCUT2D eigenvalue weighted by molar-refractivity contribution is 7.09. The van der Waals surface area contributed by atoms with Crippen LogP contribution in [0.4, 0.5) is 0 Å². The highest BCUT2D eigenvalue weighted by Gasteiger charge is 2.22. The minimum absolute atomic E-state index is 0.238. The van der Waals surface area contributed by atoms with Gasteiger partial charge in [-0.05, 0) is 40.8 Å². The van der Waals surface area contributed by atoms with Gasteiger partial charge < -0.3 is 4.42 Å².